The molecule has 0 aliphatic heterocycles. The highest BCUT2D eigenvalue weighted by Gasteiger charge is 2.09. The number of hydrogen-bond acceptors (Lipinski definition) is 3. The Balaban J connectivity index is 2.18. The van der Waals surface area contributed by atoms with E-state index < -0.39 is 5.82 Å². The van der Waals surface area contributed by atoms with Gasteiger partial charge < -0.3 is 15.2 Å². The fourth-order valence-corrected chi connectivity index (χ4v) is 1.83. The molecule has 5 heteroatoms. The number of nitrogen functional groups attached to an aromatic ring is 1. The first-order valence-corrected chi connectivity index (χ1v) is 5.99. The molecule has 0 aliphatic rings. The largest absolute Gasteiger partial charge is 0.496 e. The van der Waals surface area contributed by atoms with E-state index in [0.29, 0.717) is 11.4 Å². The molecule has 2 aromatic carbocycles. The van der Waals surface area contributed by atoms with Crippen LogP contribution in [0.15, 0.2) is 36.4 Å². The summed E-state index contributed by atoms with van der Waals surface area (Å²) in [6.07, 6.45) is 0. The maximum atomic E-state index is 13.7. The van der Waals surface area contributed by atoms with E-state index in [1.807, 2.05) is 0 Å². The van der Waals surface area contributed by atoms with Crippen LogP contribution in [-0.2, 0) is 6.61 Å². The summed E-state index contributed by atoms with van der Waals surface area (Å²) in [6, 6.07) is 9.79. The lowest BCUT2D eigenvalue weighted by atomic mass is 10.2. The first-order valence-electron chi connectivity index (χ1n) is 5.61. The molecule has 0 bridgehead atoms. The van der Waals surface area contributed by atoms with E-state index in [0.717, 1.165) is 5.56 Å². The summed E-state index contributed by atoms with van der Waals surface area (Å²) in [5.41, 5.74) is 7.03. The summed E-state index contributed by atoms with van der Waals surface area (Å²) in [6.45, 7) is 0.144. The predicted octanol–water partition coefficient (Wildman–Crippen LogP) is 3.65. The van der Waals surface area contributed by atoms with Crippen LogP contribution >= 0.6 is 11.6 Å². The molecule has 0 spiro atoms. The molecular formula is C14H13ClFNO2. The molecule has 0 radical (unpaired) electrons. The minimum Gasteiger partial charge on any atom is -0.496 e. The number of hydrogen-bond donors (Lipinski definition) is 1. The third-order valence-electron chi connectivity index (χ3n) is 2.60. The Morgan fingerprint density at radius 2 is 2.00 bits per heavy atom. The molecule has 0 fully saturated rings. The molecular weight excluding hydrogens is 269 g/mol. The van der Waals surface area contributed by atoms with Gasteiger partial charge in [0.25, 0.3) is 0 Å². The highest BCUT2D eigenvalue weighted by atomic mass is 35.5. The van der Waals surface area contributed by atoms with E-state index in [2.05, 4.69) is 0 Å². The third-order valence-corrected chi connectivity index (χ3v) is 2.90. The van der Waals surface area contributed by atoms with Gasteiger partial charge in [-0.3, -0.25) is 0 Å². The van der Waals surface area contributed by atoms with Gasteiger partial charge in [-0.05, 0) is 30.3 Å². The molecule has 0 amide bonds. The Bertz CT molecular complexity index is 590. The van der Waals surface area contributed by atoms with Crippen molar-refractivity contribution in [1.29, 1.82) is 0 Å². The van der Waals surface area contributed by atoms with E-state index >= 15 is 0 Å². The zero-order valence-electron chi connectivity index (χ0n) is 10.3. The van der Waals surface area contributed by atoms with Crippen LogP contribution < -0.4 is 15.2 Å². The highest BCUT2D eigenvalue weighted by Crippen LogP contribution is 2.27. The molecule has 0 saturated heterocycles. The quantitative estimate of drug-likeness (QED) is 0.870. The lowest BCUT2D eigenvalue weighted by molar-refractivity contribution is 0.283. The summed E-state index contributed by atoms with van der Waals surface area (Å²) in [5.74, 6) is 0.153. The highest BCUT2D eigenvalue weighted by molar-refractivity contribution is 6.30. The van der Waals surface area contributed by atoms with Gasteiger partial charge in [0.1, 0.15) is 12.4 Å². The molecule has 3 nitrogen and oxygen atoms in total. The van der Waals surface area contributed by atoms with Crippen molar-refractivity contribution in [3.8, 4) is 11.5 Å². The molecule has 19 heavy (non-hydrogen) atoms. The number of ether oxygens (including phenoxy) is 2. The average molecular weight is 282 g/mol. The van der Waals surface area contributed by atoms with E-state index in [9.17, 15) is 4.39 Å². The molecule has 0 aromatic heterocycles. The van der Waals surface area contributed by atoms with Crippen molar-refractivity contribution < 1.29 is 13.9 Å². The second-order valence-corrected chi connectivity index (χ2v) is 4.32. The van der Waals surface area contributed by atoms with E-state index in [4.69, 9.17) is 26.8 Å². The van der Waals surface area contributed by atoms with Gasteiger partial charge in [0, 0.05) is 11.3 Å². The Morgan fingerprint density at radius 1 is 1.21 bits per heavy atom. The van der Waals surface area contributed by atoms with Crippen LogP contribution in [-0.4, -0.2) is 7.11 Å². The van der Waals surface area contributed by atoms with Crippen LogP contribution in [0.1, 0.15) is 5.56 Å². The van der Waals surface area contributed by atoms with Gasteiger partial charge in [0.15, 0.2) is 11.6 Å². The Hall–Kier alpha value is -1.94. The van der Waals surface area contributed by atoms with Crippen molar-refractivity contribution in [3.63, 3.8) is 0 Å². The second kappa shape index (κ2) is 5.80. The van der Waals surface area contributed by atoms with Crippen molar-refractivity contribution in [2.45, 2.75) is 6.61 Å². The molecule has 2 aromatic rings. The van der Waals surface area contributed by atoms with Crippen molar-refractivity contribution in [3.05, 3.63) is 52.8 Å². The van der Waals surface area contributed by atoms with Crippen LogP contribution in [0.2, 0.25) is 5.02 Å². The number of methoxy groups -OCH3 is 1. The van der Waals surface area contributed by atoms with Crippen molar-refractivity contribution >= 4 is 17.3 Å². The number of benzene rings is 2. The normalized spacial score (nSPS) is 10.3. The molecule has 0 heterocycles. The van der Waals surface area contributed by atoms with Gasteiger partial charge in [0.05, 0.1) is 12.1 Å². The van der Waals surface area contributed by atoms with Crippen LogP contribution in [0, 0.1) is 5.82 Å². The molecule has 2 rings (SSSR count). The van der Waals surface area contributed by atoms with Gasteiger partial charge in [-0.15, -0.1) is 0 Å². The summed E-state index contributed by atoms with van der Waals surface area (Å²) in [5, 5.41) is 0.0250. The Labute approximate surface area is 115 Å². The molecule has 0 atom stereocenters. The van der Waals surface area contributed by atoms with Gasteiger partial charge in [-0.1, -0.05) is 17.7 Å². The van der Waals surface area contributed by atoms with E-state index in [1.54, 1.807) is 31.4 Å². The number of anilines is 1. The van der Waals surface area contributed by atoms with Crippen molar-refractivity contribution in [2.75, 3.05) is 12.8 Å². The Morgan fingerprint density at radius 3 is 2.74 bits per heavy atom. The van der Waals surface area contributed by atoms with Crippen molar-refractivity contribution in [2.24, 2.45) is 0 Å². The van der Waals surface area contributed by atoms with Crippen molar-refractivity contribution in [1.82, 2.24) is 0 Å². The summed E-state index contributed by atoms with van der Waals surface area (Å²) in [7, 11) is 1.55. The number of rotatable bonds is 4. The maximum Gasteiger partial charge on any atom is 0.183 e. The number of nitrogens with two attached hydrogens (primary N) is 1. The minimum absolute atomic E-state index is 0.0250. The standard InChI is InChI=1S/C14H13ClFNO2/c1-18-12-6-5-10(17)7-9(12)8-19-13-4-2-3-11(15)14(13)16/h2-7H,8,17H2,1H3. The SMILES string of the molecule is COc1ccc(N)cc1COc1cccc(Cl)c1F. The molecule has 0 saturated carbocycles. The molecule has 2 N–H and O–H groups in total. The van der Waals surface area contributed by atoms with Gasteiger partial charge in [-0.25, -0.2) is 4.39 Å². The minimum atomic E-state index is -0.577. The van der Waals surface area contributed by atoms with Gasteiger partial charge in [-0.2, -0.15) is 0 Å². The van der Waals surface area contributed by atoms with Crippen LogP contribution in [0.3, 0.4) is 0 Å². The topological polar surface area (TPSA) is 44.5 Å². The van der Waals surface area contributed by atoms with Crippen LogP contribution in [0.25, 0.3) is 0 Å². The second-order valence-electron chi connectivity index (χ2n) is 3.91. The van der Waals surface area contributed by atoms with E-state index in [-0.39, 0.29) is 17.4 Å². The molecule has 0 aliphatic carbocycles. The van der Waals surface area contributed by atoms with Crippen LogP contribution in [0.5, 0.6) is 11.5 Å². The lowest BCUT2D eigenvalue weighted by Crippen LogP contribution is -2.01. The summed E-state index contributed by atoms with van der Waals surface area (Å²) >= 11 is 5.68. The smallest absolute Gasteiger partial charge is 0.183 e. The lowest BCUT2D eigenvalue weighted by Gasteiger charge is -2.11. The monoisotopic (exact) mass is 281 g/mol. The summed E-state index contributed by atoms with van der Waals surface area (Å²) in [4.78, 5) is 0. The zero-order valence-corrected chi connectivity index (χ0v) is 11.1. The average Bonchev–Trinajstić information content (AvgIpc) is 2.40. The molecule has 100 valence electrons. The molecule has 0 unspecified atom stereocenters. The number of halogens is 2. The first kappa shape index (κ1) is 13.5. The predicted molar refractivity (Wildman–Crippen MR) is 73.1 cm³/mol. The Kier molecular flexibility index (Phi) is 4.12. The van der Waals surface area contributed by atoms with Gasteiger partial charge in [0.2, 0.25) is 0 Å². The maximum absolute atomic E-state index is 13.7. The van der Waals surface area contributed by atoms with Gasteiger partial charge >= 0.3 is 0 Å². The zero-order chi connectivity index (χ0) is 13.8. The van der Waals surface area contributed by atoms with Crippen LogP contribution in [0.4, 0.5) is 10.1 Å². The fraction of sp³-hybridized carbons (Fsp3) is 0.143. The first-order chi connectivity index (χ1) is 9.11. The van der Waals surface area contributed by atoms with E-state index in [1.165, 1.54) is 12.1 Å². The summed E-state index contributed by atoms with van der Waals surface area (Å²) < 4.78 is 24.2. The fourth-order valence-electron chi connectivity index (χ4n) is 1.66. The third kappa shape index (κ3) is 3.09.